The molecule has 1 nitrogen and oxygen atoms in total. The molecule has 42 valence electrons. The Morgan fingerprint density at radius 1 is 1.29 bits per heavy atom. The summed E-state index contributed by atoms with van der Waals surface area (Å²) in [6, 6.07) is 0.917. The number of nitrogens with zero attached hydrogens (tertiary/aromatic N) is 1. The van der Waals surface area contributed by atoms with Crippen LogP contribution in [0.3, 0.4) is 0 Å². The molecule has 0 heterocycles. The second-order valence-electron chi connectivity index (χ2n) is 2.55. The van der Waals surface area contributed by atoms with Crippen LogP contribution in [0.5, 0.6) is 0 Å². The lowest BCUT2D eigenvalue weighted by Gasteiger charge is -2.31. The van der Waals surface area contributed by atoms with Crippen LogP contribution in [0.4, 0.5) is 0 Å². The summed E-state index contributed by atoms with van der Waals surface area (Å²) in [6.07, 6.45) is 4.29. The lowest BCUT2D eigenvalue weighted by Crippen LogP contribution is -2.33. The second kappa shape index (κ2) is 1.83. The van der Waals surface area contributed by atoms with E-state index in [1.807, 2.05) is 0 Å². The van der Waals surface area contributed by atoms with E-state index < -0.39 is 0 Å². The Hall–Kier alpha value is -0.0400. The largest absolute Gasteiger partial charge is 0.306 e. The second-order valence-corrected chi connectivity index (χ2v) is 2.55. The molecule has 0 radical (unpaired) electrons. The van der Waals surface area contributed by atoms with E-state index in [-0.39, 0.29) is 0 Å². The summed E-state index contributed by atoms with van der Waals surface area (Å²) >= 11 is 0. The van der Waals surface area contributed by atoms with Gasteiger partial charge in [-0.2, -0.15) is 0 Å². The van der Waals surface area contributed by atoms with Crippen molar-refractivity contribution in [2.24, 2.45) is 0 Å². The number of hydrogen-bond acceptors (Lipinski definition) is 1. The summed E-state index contributed by atoms with van der Waals surface area (Å²) in [4.78, 5) is 2.31. The van der Waals surface area contributed by atoms with Gasteiger partial charge in [-0.25, -0.2) is 0 Å². The van der Waals surface area contributed by atoms with E-state index in [4.69, 9.17) is 0 Å². The SMILES string of the molecule is CN(C)C1CCC1. The van der Waals surface area contributed by atoms with Crippen molar-refractivity contribution < 1.29 is 0 Å². The zero-order valence-corrected chi connectivity index (χ0v) is 5.15. The molecule has 1 aliphatic carbocycles. The quantitative estimate of drug-likeness (QED) is 0.476. The molecular weight excluding hydrogens is 86.1 g/mol. The van der Waals surface area contributed by atoms with Gasteiger partial charge in [0.05, 0.1) is 0 Å². The maximum absolute atomic E-state index is 2.31. The molecule has 1 aliphatic rings. The Morgan fingerprint density at radius 3 is 1.86 bits per heavy atom. The van der Waals surface area contributed by atoms with Crippen LogP contribution in [-0.2, 0) is 0 Å². The molecule has 1 heteroatoms. The molecule has 0 aromatic heterocycles. The average molecular weight is 99.2 g/mol. The van der Waals surface area contributed by atoms with Crippen LogP contribution in [0.1, 0.15) is 19.3 Å². The molecule has 0 N–H and O–H groups in total. The molecule has 0 aromatic carbocycles. The van der Waals surface area contributed by atoms with Crippen molar-refractivity contribution in [3.8, 4) is 0 Å². The summed E-state index contributed by atoms with van der Waals surface area (Å²) in [7, 11) is 4.31. The van der Waals surface area contributed by atoms with Gasteiger partial charge < -0.3 is 4.90 Å². The lowest BCUT2D eigenvalue weighted by molar-refractivity contribution is 0.193. The minimum atomic E-state index is 0.917. The van der Waals surface area contributed by atoms with E-state index in [9.17, 15) is 0 Å². The van der Waals surface area contributed by atoms with Crippen molar-refractivity contribution in [1.29, 1.82) is 0 Å². The van der Waals surface area contributed by atoms with Crippen LogP contribution in [-0.4, -0.2) is 25.0 Å². The first-order valence-electron chi connectivity index (χ1n) is 2.97. The van der Waals surface area contributed by atoms with Gasteiger partial charge in [-0.05, 0) is 26.9 Å². The van der Waals surface area contributed by atoms with Crippen LogP contribution in [0.2, 0.25) is 0 Å². The van der Waals surface area contributed by atoms with Crippen molar-refractivity contribution in [3.63, 3.8) is 0 Å². The Morgan fingerprint density at radius 2 is 1.86 bits per heavy atom. The topological polar surface area (TPSA) is 3.24 Å². The molecule has 0 aliphatic heterocycles. The molecule has 0 unspecified atom stereocenters. The van der Waals surface area contributed by atoms with E-state index in [0.29, 0.717) is 0 Å². The first kappa shape index (κ1) is 5.10. The first-order chi connectivity index (χ1) is 3.30. The van der Waals surface area contributed by atoms with Gasteiger partial charge in [0.15, 0.2) is 0 Å². The highest BCUT2D eigenvalue weighted by Crippen LogP contribution is 2.21. The molecule has 0 atom stereocenters. The molecule has 0 amide bonds. The van der Waals surface area contributed by atoms with Crippen molar-refractivity contribution in [2.75, 3.05) is 14.1 Å². The molecule has 0 saturated heterocycles. The molecule has 0 spiro atoms. The van der Waals surface area contributed by atoms with E-state index >= 15 is 0 Å². The molecule has 0 bridgehead atoms. The predicted octanol–water partition coefficient (Wildman–Crippen LogP) is 1.10. The van der Waals surface area contributed by atoms with Gasteiger partial charge in [0.1, 0.15) is 0 Å². The predicted molar refractivity (Wildman–Crippen MR) is 31.3 cm³/mol. The standard InChI is InChI=1S/C6H13N/c1-7(2)6-4-3-5-6/h6H,3-5H2,1-2H3. The smallest absolute Gasteiger partial charge is 0.00891 e. The maximum atomic E-state index is 2.31. The summed E-state index contributed by atoms with van der Waals surface area (Å²) in [5.41, 5.74) is 0. The monoisotopic (exact) mass is 99.1 g/mol. The van der Waals surface area contributed by atoms with E-state index in [2.05, 4.69) is 19.0 Å². The normalized spacial score (nSPS) is 22.7. The fraction of sp³-hybridized carbons (Fsp3) is 1.00. The van der Waals surface area contributed by atoms with Crippen molar-refractivity contribution in [2.45, 2.75) is 25.3 Å². The third-order valence-corrected chi connectivity index (χ3v) is 1.80. The van der Waals surface area contributed by atoms with Crippen molar-refractivity contribution >= 4 is 0 Å². The fourth-order valence-corrected chi connectivity index (χ4v) is 0.903. The van der Waals surface area contributed by atoms with Crippen LogP contribution in [0.15, 0.2) is 0 Å². The summed E-state index contributed by atoms with van der Waals surface area (Å²) < 4.78 is 0. The third kappa shape index (κ3) is 0.942. The molecule has 1 saturated carbocycles. The minimum absolute atomic E-state index is 0.917. The van der Waals surface area contributed by atoms with Gasteiger partial charge in [-0.1, -0.05) is 6.42 Å². The molecule has 0 aromatic rings. The van der Waals surface area contributed by atoms with Crippen molar-refractivity contribution in [3.05, 3.63) is 0 Å². The Kier molecular flexibility index (Phi) is 1.33. The maximum Gasteiger partial charge on any atom is 0.00891 e. The Balaban J connectivity index is 2.14. The van der Waals surface area contributed by atoms with E-state index in [0.717, 1.165) is 6.04 Å². The Bertz CT molecular complexity index is 55.2. The number of hydrogen-bond donors (Lipinski definition) is 0. The molecular formula is C6H13N. The van der Waals surface area contributed by atoms with Crippen LogP contribution in [0, 0.1) is 0 Å². The summed E-state index contributed by atoms with van der Waals surface area (Å²) in [5.74, 6) is 0. The highest BCUT2D eigenvalue weighted by molar-refractivity contribution is 4.75. The molecule has 7 heavy (non-hydrogen) atoms. The van der Waals surface area contributed by atoms with Crippen molar-refractivity contribution in [1.82, 2.24) is 4.90 Å². The summed E-state index contributed by atoms with van der Waals surface area (Å²) in [6.45, 7) is 0. The first-order valence-corrected chi connectivity index (χ1v) is 2.97. The zero-order valence-electron chi connectivity index (χ0n) is 5.15. The third-order valence-electron chi connectivity index (χ3n) is 1.80. The fourth-order valence-electron chi connectivity index (χ4n) is 0.903. The van der Waals surface area contributed by atoms with Crippen LogP contribution < -0.4 is 0 Å². The van der Waals surface area contributed by atoms with Gasteiger partial charge in [0.25, 0.3) is 0 Å². The highest BCUT2D eigenvalue weighted by atomic mass is 15.1. The van der Waals surface area contributed by atoms with Crippen LogP contribution in [0.25, 0.3) is 0 Å². The zero-order chi connectivity index (χ0) is 5.28. The van der Waals surface area contributed by atoms with Gasteiger partial charge in [-0.3, -0.25) is 0 Å². The van der Waals surface area contributed by atoms with Gasteiger partial charge in [-0.15, -0.1) is 0 Å². The molecule has 1 rings (SSSR count). The van der Waals surface area contributed by atoms with E-state index in [1.165, 1.54) is 19.3 Å². The number of rotatable bonds is 1. The van der Waals surface area contributed by atoms with Gasteiger partial charge in [0, 0.05) is 6.04 Å². The average Bonchev–Trinajstić information content (AvgIpc) is 1.23. The van der Waals surface area contributed by atoms with Gasteiger partial charge in [0.2, 0.25) is 0 Å². The molecule has 1 fully saturated rings. The summed E-state index contributed by atoms with van der Waals surface area (Å²) in [5, 5.41) is 0. The van der Waals surface area contributed by atoms with Crippen LogP contribution >= 0.6 is 0 Å². The lowest BCUT2D eigenvalue weighted by atomic mass is 9.92. The van der Waals surface area contributed by atoms with Gasteiger partial charge >= 0.3 is 0 Å². The highest BCUT2D eigenvalue weighted by Gasteiger charge is 2.18. The Labute approximate surface area is 45.3 Å². The van der Waals surface area contributed by atoms with E-state index in [1.54, 1.807) is 0 Å². The minimum Gasteiger partial charge on any atom is -0.306 e.